The molecule has 2 amide bonds. The number of sulfonamides is 1. The normalized spacial score (nSPS) is 19.2. The van der Waals surface area contributed by atoms with Crippen LogP contribution in [0, 0.1) is 0 Å². The SMILES string of the molecule is CC(=O)N1CC[NH+](CC(=O)Nc2cccc(S(=O)(=O)N3CCCC3)c2)CC1. The molecule has 0 unspecified atom stereocenters. The van der Waals surface area contributed by atoms with Crippen LogP contribution in [0.1, 0.15) is 19.8 Å². The van der Waals surface area contributed by atoms with Gasteiger partial charge in [0.1, 0.15) is 0 Å². The third-order valence-corrected chi connectivity index (χ3v) is 7.04. The predicted octanol–water partition coefficient (Wildman–Crippen LogP) is -0.843. The quantitative estimate of drug-likeness (QED) is 0.680. The molecule has 8 nitrogen and oxygen atoms in total. The number of carbonyl (C=O) groups excluding carboxylic acids is 2. The van der Waals surface area contributed by atoms with E-state index in [2.05, 4.69) is 5.32 Å². The lowest BCUT2D eigenvalue weighted by Crippen LogP contribution is -3.15. The van der Waals surface area contributed by atoms with Gasteiger partial charge in [-0.25, -0.2) is 8.42 Å². The van der Waals surface area contributed by atoms with Crippen LogP contribution in [0.3, 0.4) is 0 Å². The van der Waals surface area contributed by atoms with Crippen molar-refractivity contribution in [1.29, 1.82) is 0 Å². The molecule has 2 aliphatic rings. The summed E-state index contributed by atoms with van der Waals surface area (Å²) >= 11 is 0. The molecule has 0 aromatic heterocycles. The second kappa shape index (κ2) is 8.37. The minimum Gasteiger partial charge on any atom is -0.332 e. The minimum atomic E-state index is -3.50. The lowest BCUT2D eigenvalue weighted by molar-refractivity contribution is -0.895. The van der Waals surface area contributed by atoms with Crippen LogP contribution in [0.2, 0.25) is 0 Å². The zero-order valence-electron chi connectivity index (χ0n) is 15.6. The highest BCUT2D eigenvalue weighted by Crippen LogP contribution is 2.23. The van der Waals surface area contributed by atoms with Gasteiger partial charge >= 0.3 is 0 Å². The van der Waals surface area contributed by atoms with Crippen LogP contribution in [-0.2, 0) is 19.6 Å². The Morgan fingerprint density at radius 2 is 1.78 bits per heavy atom. The Kier molecular flexibility index (Phi) is 6.13. The van der Waals surface area contributed by atoms with Gasteiger partial charge in [-0.05, 0) is 31.0 Å². The van der Waals surface area contributed by atoms with Gasteiger partial charge in [0, 0.05) is 25.7 Å². The van der Waals surface area contributed by atoms with Crippen molar-refractivity contribution >= 4 is 27.5 Å². The highest BCUT2D eigenvalue weighted by atomic mass is 32.2. The van der Waals surface area contributed by atoms with Crippen LogP contribution in [0.5, 0.6) is 0 Å². The summed E-state index contributed by atoms with van der Waals surface area (Å²) in [6.07, 6.45) is 1.77. The van der Waals surface area contributed by atoms with Gasteiger partial charge in [-0.15, -0.1) is 0 Å². The molecule has 148 valence electrons. The van der Waals surface area contributed by atoms with Crippen LogP contribution < -0.4 is 10.2 Å². The second-order valence-corrected chi connectivity index (χ2v) is 9.06. The number of piperazine rings is 1. The molecule has 2 N–H and O–H groups in total. The molecule has 1 aromatic carbocycles. The summed E-state index contributed by atoms with van der Waals surface area (Å²) in [5.74, 6) is -0.0912. The Hall–Kier alpha value is -1.97. The van der Waals surface area contributed by atoms with Crippen molar-refractivity contribution in [2.75, 3.05) is 51.1 Å². The van der Waals surface area contributed by atoms with Crippen LogP contribution in [-0.4, -0.2) is 75.3 Å². The summed E-state index contributed by atoms with van der Waals surface area (Å²) in [5.41, 5.74) is 0.488. The average molecular weight is 396 g/mol. The van der Waals surface area contributed by atoms with Gasteiger partial charge in [0.15, 0.2) is 6.54 Å². The fourth-order valence-corrected chi connectivity index (χ4v) is 5.12. The van der Waals surface area contributed by atoms with E-state index >= 15 is 0 Å². The van der Waals surface area contributed by atoms with Crippen molar-refractivity contribution in [2.24, 2.45) is 0 Å². The van der Waals surface area contributed by atoms with Gasteiger partial charge in [-0.3, -0.25) is 9.59 Å². The van der Waals surface area contributed by atoms with E-state index in [-0.39, 0.29) is 16.7 Å². The van der Waals surface area contributed by atoms with E-state index in [0.717, 1.165) is 30.8 Å². The van der Waals surface area contributed by atoms with E-state index in [1.54, 1.807) is 30.0 Å². The number of nitrogens with zero attached hydrogens (tertiary/aromatic N) is 2. The molecule has 27 heavy (non-hydrogen) atoms. The van der Waals surface area contributed by atoms with Gasteiger partial charge in [0.25, 0.3) is 5.91 Å². The molecule has 2 fully saturated rings. The maximum atomic E-state index is 12.7. The van der Waals surface area contributed by atoms with Crippen molar-refractivity contribution in [1.82, 2.24) is 9.21 Å². The Morgan fingerprint density at radius 1 is 1.11 bits per heavy atom. The fraction of sp³-hybridized carbons (Fsp3) is 0.556. The van der Waals surface area contributed by atoms with Crippen LogP contribution in [0.4, 0.5) is 5.69 Å². The van der Waals surface area contributed by atoms with Crippen molar-refractivity contribution < 1.29 is 22.9 Å². The summed E-state index contributed by atoms with van der Waals surface area (Å²) in [6.45, 7) is 5.73. The summed E-state index contributed by atoms with van der Waals surface area (Å²) in [4.78, 5) is 26.8. The summed E-state index contributed by atoms with van der Waals surface area (Å²) in [5, 5.41) is 2.80. The number of hydrogen-bond donors (Lipinski definition) is 2. The number of benzene rings is 1. The van der Waals surface area contributed by atoms with Gasteiger partial charge < -0.3 is 15.1 Å². The largest absolute Gasteiger partial charge is 0.332 e. The van der Waals surface area contributed by atoms with Gasteiger partial charge in [-0.1, -0.05) is 6.07 Å². The van der Waals surface area contributed by atoms with E-state index in [0.29, 0.717) is 38.4 Å². The van der Waals surface area contributed by atoms with Crippen molar-refractivity contribution in [3.63, 3.8) is 0 Å². The number of amides is 2. The van der Waals surface area contributed by atoms with E-state index in [9.17, 15) is 18.0 Å². The molecule has 0 aliphatic carbocycles. The maximum absolute atomic E-state index is 12.7. The third kappa shape index (κ3) is 4.85. The standard InChI is InChI=1S/C18H26N4O4S/c1-15(23)21-11-9-20(10-12-21)14-18(24)19-16-5-4-6-17(13-16)27(25,26)22-7-2-3-8-22/h4-6,13H,2-3,7-12,14H2,1H3,(H,19,24)/p+1. The van der Waals surface area contributed by atoms with Gasteiger partial charge in [-0.2, -0.15) is 4.31 Å². The molecule has 2 heterocycles. The van der Waals surface area contributed by atoms with E-state index in [4.69, 9.17) is 0 Å². The van der Waals surface area contributed by atoms with E-state index in [1.807, 2.05) is 0 Å². The minimum absolute atomic E-state index is 0.0644. The molecule has 9 heteroatoms. The monoisotopic (exact) mass is 395 g/mol. The summed E-state index contributed by atoms with van der Waals surface area (Å²) < 4.78 is 26.8. The fourth-order valence-electron chi connectivity index (χ4n) is 3.56. The predicted molar refractivity (Wildman–Crippen MR) is 101 cm³/mol. The molecule has 0 saturated carbocycles. The molecule has 0 bridgehead atoms. The zero-order chi connectivity index (χ0) is 19.4. The molecule has 1 aromatic rings. The smallest absolute Gasteiger partial charge is 0.279 e. The first-order valence-electron chi connectivity index (χ1n) is 9.35. The van der Waals surface area contributed by atoms with Crippen molar-refractivity contribution in [3.05, 3.63) is 24.3 Å². The number of carbonyl (C=O) groups is 2. The highest BCUT2D eigenvalue weighted by Gasteiger charge is 2.27. The molecule has 2 saturated heterocycles. The number of anilines is 1. The Morgan fingerprint density at radius 3 is 2.41 bits per heavy atom. The van der Waals surface area contributed by atoms with Crippen molar-refractivity contribution in [2.45, 2.75) is 24.7 Å². The zero-order valence-corrected chi connectivity index (χ0v) is 16.4. The van der Waals surface area contributed by atoms with Gasteiger partial charge in [0.2, 0.25) is 15.9 Å². The average Bonchev–Trinajstić information content (AvgIpc) is 3.18. The lowest BCUT2D eigenvalue weighted by atomic mass is 10.3. The first-order chi connectivity index (χ1) is 12.9. The van der Waals surface area contributed by atoms with Crippen LogP contribution in [0.15, 0.2) is 29.2 Å². The number of quaternary nitrogens is 1. The first kappa shape index (κ1) is 19.8. The summed E-state index contributed by atoms with van der Waals surface area (Å²) in [7, 11) is -3.50. The first-order valence-corrected chi connectivity index (χ1v) is 10.8. The highest BCUT2D eigenvalue weighted by molar-refractivity contribution is 7.89. The van der Waals surface area contributed by atoms with Gasteiger partial charge in [0.05, 0.1) is 31.1 Å². The van der Waals surface area contributed by atoms with Crippen LogP contribution in [0.25, 0.3) is 0 Å². The number of rotatable bonds is 5. The molecule has 0 atom stereocenters. The Labute approximate surface area is 160 Å². The van der Waals surface area contributed by atoms with E-state index < -0.39 is 10.0 Å². The lowest BCUT2D eigenvalue weighted by Gasteiger charge is -2.31. The number of hydrogen-bond acceptors (Lipinski definition) is 4. The molecule has 0 spiro atoms. The Balaban J connectivity index is 1.58. The topological polar surface area (TPSA) is 91.2 Å². The molecular formula is C18H27N4O4S+. The molecule has 3 rings (SSSR count). The third-order valence-electron chi connectivity index (χ3n) is 5.15. The molecule has 0 radical (unpaired) electrons. The molecular weight excluding hydrogens is 368 g/mol. The van der Waals surface area contributed by atoms with Crippen molar-refractivity contribution in [3.8, 4) is 0 Å². The summed E-state index contributed by atoms with van der Waals surface area (Å²) in [6, 6.07) is 6.44. The number of nitrogens with one attached hydrogen (secondary N) is 2. The second-order valence-electron chi connectivity index (χ2n) is 7.12. The van der Waals surface area contributed by atoms with E-state index in [1.165, 1.54) is 10.4 Å². The Bertz CT molecular complexity index is 797. The maximum Gasteiger partial charge on any atom is 0.279 e. The van der Waals surface area contributed by atoms with Crippen LogP contribution >= 0.6 is 0 Å². The molecule has 2 aliphatic heterocycles.